The largest absolute Gasteiger partial charge is 0.387 e. The predicted octanol–water partition coefficient (Wildman–Crippen LogP) is 0.243. The molecule has 2 N–H and O–H groups in total. The minimum absolute atomic E-state index is 0.143. The fourth-order valence-electron chi connectivity index (χ4n) is 3.30. The first-order valence-electron chi connectivity index (χ1n) is 8.76. The summed E-state index contributed by atoms with van der Waals surface area (Å²) in [4.78, 5) is 16.5. The molecule has 1 aromatic rings. The number of morpholine rings is 1. The molecule has 2 unspecified atom stereocenters. The van der Waals surface area contributed by atoms with Crippen molar-refractivity contribution in [2.45, 2.75) is 18.6 Å². The summed E-state index contributed by atoms with van der Waals surface area (Å²) in [6.45, 7) is 5.87. The predicted molar refractivity (Wildman–Crippen MR) is 91.6 cm³/mol. The van der Waals surface area contributed by atoms with E-state index in [9.17, 15) is 9.90 Å². The van der Waals surface area contributed by atoms with Gasteiger partial charge in [-0.25, -0.2) is 0 Å². The van der Waals surface area contributed by atoms with Crippen LogP contribution in [0.1, 0.15) is 18.1 Å². The van der Waals surface area contributed by atoms with Crippen molar-refractivity contribution in [2.24, 2.45) is 0 Å². The van der Waals surface area contributed by atoms with Gasteiger partial charge in [-0.15, -0.1) is 0 Å². The third kappa shape index (κ3) is 4.77. The van der Waals surface area contributed by atoms with E-state index >= 15 is 0 Å². The van der Waals surface area contributed by atoms with Crippen LogP contribution in [-0.4, -0.2) is 79.3 Å². The Labute approximate surface area is 143 Å². The number of carbonyl (C=O) groups is 1. The number of rotatable bonds is 5. The first kappa shape index (κ1) is 17.4. The summed E-state index contributed by atoms with van der Waals surface area (Å²) < 4.78 is 5.40. The van der Waals surface area contributed by atoms with Crippen LogP contribution in [-0.2, 0) is 9.53 Å². The molecule has 2 saturated heterocycles. The number of aliphatic hydroxyl groups excluding tert-OH is 1. The van der Waals surface area contributed by atoms with Gasteiger partial charge >= 0.3 is 0 Å². The van der Waals surface area contributed by atoms with E-state index in [0.29, 0.717) is 19.6 Å². The zero-order chi connectivity index (χ0) is 16.8. The van der Waals surface area contributed by atoms with E-state index in [1.54, 1.807) is 0 Å². The smallest absolute Gasteiger partial charge is 0.224 e. The molecular formula is C18H27N3O3. The van der Waals surface area contributed by atoms with Crippen molar-refractivity contribution >= 4 is 5.91 Å². The molecule has 2 heterocycles. The Hall–Kier alpha value is -1.47. The molecule has 2 aliphatic rings. The van der Waals surface area contributed by atoms with Crippen LogP contribution < -0.4 is 5.32 Å². The Morgan fingerprint density at radius 1 is 1.25 bits per heavy atom. The Morgan fingerprint density at radius 2 is 2.00 bits per heavy atom. The molecule has 2 fully saturated rings. The highest BCUT2D eigenvalue weighted by atomic mass is 16.5. The highest BCUT2D eigenvalue weighted by Crippen LogP contribution is 2.15. The van der Waals surface area contributed by atoms with Gasteiger partial charge in [-0.1, -0.05) is 30.3 Å². The average Bonchev–Trinajstić information content (AvgIpc) is 2.64. The Morgan fingerprint density at radius 3 is 2.67 bits per heavy atom. The molecule has 2 aliphatic heterocycles. The van der Waals surface area contributed by atoms with E-state index in [1.165, 1.54) is 0 Å². The zero-order valence-electron chi connectivity index (χ0n) is 14.1. The van der Waals surface area contributed by atoms with Crippen molar-refractivity contribution in [1.29, 1.82) is 0 Å². The van der Waals surface area contributed by atoms with E-state index in [2.05, 4.69) is 10.2 Å². The highest BCUT2D eigenvalue weighted by Gasteiger charge is 2.25. The van der Waals surface area contributed by atoms with Gasteiger partial charge in [0, 0.05) is 51.7 Å². The van der Waals surface area contributed by atoms with Gasteiger partial charge in [-0.2, -0.15) is 0 Å². The van der Waals surface area contributed by atoms with Crippen LogP contribution >= 0.6 is 0 Å². The maximum Gasteiger partial charge on any atom is 0.224 e. The second-order valence-corrected chi connectivity index (χ2v) is 6.54. The summed E-state index contributed by atoms with van der Waals surface area (Å²) in [5, 5.41) is 13.6. The van der Waals surface area contributed by atoms with Gasteiger partial charge in [0.05, 0.1) is 19.3 Å². The number of hydrogen-bond acceptors (Lipinski definition) is 5. The van der Waals surface area contributed by atoms with Gasteiger partial charge in [0.15, 0.2) is 0 Å². The molecule has 6 nitrogen and oxygen atoms in total. The molecule has 132 valence electrons. The molecule has 0 saturated carbocycles. The first-order valence-corrected chi connectivity index (χ1v) is 8.76. The Bertz CT molecular complexity index is 512. The van der Waals surface area contributed by atoms with E-state index in [1.807, 2.05) is 35.2 Å². The molecule has 2 atom stereocenters. The maximum atomic E-state index is 12.4. The summed E-state index contributed by atoms with van der Waals surface area (Å²) in [5.74, 6) is 0.196. The third-order valence-corrected chi connectivity index (χ3v) is 4.76. The second-order valence-electron chi connectivity index (χ2n) is 6.54. The number of aliphatic hydroxyl groups is 1. The third-order valence-electron chi connectivity index (χ3n) is 4.76. The van der Waals surface area contributed by atoms with Crippen LogP contribution in [0.4, 0.5) is 0 Å². The number of hydrogen-bond donors (Lipinski definition) is 2. The van der Waals surface area contributed by atoms with Crippen molar-refractivity contribution in [3.05, 3.63) is 35.9 Å². The topological polar surface area (TPSA) is 65.0 Å². The lowest BCUT2D eigenvalue weighted by Crippen LogP contribution is -2.51. The van der Waals surface area contributed by atoms with E-state index < -0.39 is 6.10 Å². The summed E-state index contributed by atoms with van der Waals surface area (Å²) in [6.07, 6.45) is 0.0316. The lowest BCUT2D eigenvalue weighted by Gasteiger charge is -2.36. The number of ether oxygens (including phenoxy) is 1. The molecule has 6 heteroatoms. The van der Waals surface area contributed by atoms with Gasteiger partial charge in [-0.05, 0) is 5.56 Å². The summed E-state index contributed by atoms with van der Waals surface area (Å²) >= 11 is 0. The van der Waals surface area contributed by atoms with E-state index in [-0.39, 0.29) is 11.9 Å². The van der Waals surface area contributed by atoms with E-state index in [4.69, 9.17) is 4.74 Å². The lowest BCUT2D eigenvalue weighted by molar-refractivity contribution is -0.134. The first-order chi connectivity index (χ1) is 11.7. The quantitative estimate of drug-likeness (QED) is 0.808. The molecular weight excluding hydrogens is 306 g/mol. The summed E-state index contributed by atoms with van der Waals surface area (Å²) in [5.41, 5.74) is 0.944. The summed E-state index contributed by atoms with van der Waals surface area (Å²) in [6, 6.07) is 9.88. The molecule has 1 amide bonds. The molecule has 0 aliphatic carbocycles. The monoisotopic (exact) mass is 333 g/mol. The fourth-order valence-corrected chi connectivity index (χ4v) is 3.30. The summed E-state index contributed by atoms with van der Waals surface area (Å²) in [7, 11) is 0. The van der Waals surface area contributed by atoms with Gasteiger partial charge in [-0.3, -0.25) is 9.69 Å². The minimum Gasteiger partial charge on any atom is -0.387 e. The average molecular weight is 333 g/mol. The molecule has 24 heavy (non-hydrogen) atoms. The van der Waals surface area contributed by atoms with Crippen molar-refractivity contribution in [3.8, 4) is 0 Å². The van der Waals surface area contributed by atoms with Crippen LogP contribution in [0, 0.1) is 0 Å². The number of nitrogens with zero attached hydrogens (tertiary/aromatic N) is 2. The van der Waals surface area contributed by atoms with Crippen LogP contribution in [0.5, 0.6) is 0 Å². The number of amides is 1. The van der Waals surface area contributed by atoms with Crippen molar-refractivity contribution in [2.75, 3.05) is 52.5 Å². The molecule has 3 rings (SSSR count). The maximum absolute atomic E-state index is 12.4. The molecule has 0 radical (unpaired) electrons. The van der Waals surface area contributed by atoms with Crippen LogP contribution in [0.2, 0.25) is 0 Å². The van der Waals surface area contributed by atoms with Crippen LogP contribution in [0.15, 0.2) is 30.3 Å². The molecule has 0 aromatic heterocycles. The van der Waals surface area contributed by atoms with E-state index in [0.717, 1.165) is 44.9 Å². The number of nitrogens with one attached hydrogen (secondary N) is 1. The SMILES string of the molecule is O=C(CC1COCCN1)N1CCN(CC(O)c2ccccc2)CC1. The molecule has 0 bridgehead atoms. The number of β-amino-alcohol motifs (C(OH)–C–C–N with tert-alkyl or cyclic N) is 1. The van der Waals surface area contributed by atoms with Crippen molar-refractivity contribution < 1.29 is 14.6 Å². The van der Waals surface area contributed by atoms with Gasteiger partial charge in [0.2, 0.25) is 5.91 Å². The standard InChI is InChI=1S/C18H27N3O3/c22-17(15-4-2-1-3-5-15)13-20-7-9-21(10-8-20)18(23)12-16-14-24-11-6-19-16/h1-5,16-17,19,22H,6-14H2. The van der Waals surface area contributed by atoms with Gasteiger partial charge < -0.3 is 20.1 Å². The van der Waals surface area contributed by atoms with Crippen molar-refractivity contribution in [3.63, 3.8) is 0 Å². The zero-order valence-corrected chi connectivity index (χ0v) is 14.1. The van der Waals surface area contributed by atoms with Crippen LogP contribution in [0.25, 0.3) is 0 Å². The highest BCUT2D eigenvalue weighted by molar-refractivity contribution is 5.77. The molecule has 0 spiro atoms. The number of carbonyl (C=O) groups excluding carboxylic acids is 1. The Kier molecular flexibility index (Phi) is 6.20. The van der Waals surface area contributed by atoms with Gasteiger partial charge in [0.1, 0.15) is 0 Å². The normalized spacial score (nSPS) is 23.9. The Balaban J connectivity index is 1.41. The lowest BCUT2D eigenvalue weighted by atomic mass is 10.1. The fraction of sp³-hybridized carbons (Fsp3) is 0.611. The minimum atomic E-state index is -0.475. The van der Waals surface area contributed by atoms with Gasteiger partial charge in [0.25, 0.3) is 0 Å². The van der Waals surface area contributed by atoms with Crippen molar-refractivity contribution in [1.82, 2.24) is 15.1 Å². The number of piperazine rings is 1. The van der Waals surface area contributed by atoms with Crippen LogP contribution in [0.3, 0.4) is 0 Å². The molecule has 1 aromatic carbocycles. The number of benzene rings is 1. The second kappa shape index (κ2) is 8.58.